The topological polar surface area (TPSA) is 50.1 Å². The number of hydrogen-bond acceptors (Lipinski definition) is 3. The molecule has 0 aliphatic heterocycles. The fourth-order valence-corrected chi connectivity index (χ4v) is 2.88. The number of phenolic OH excluding ortho intramolecular Hbond substituents is 1. The molecule has 1 aromatic heterocycles. The molecule has 4 nitrogen and oxygen atoms in total. The molecule has 2 N–H and O–H groups in total. The molecule has 132 valence electrons. The van der Waals surface area contributed by atoms with Crippen LogP contribution in [0.5, 0.6) is 5.75 Å². The molecule has 0 saturated heterocycles. The molecule has 0 unspecified atom stereocenters. The van der Waals surface area contributed by atoms with Crippen LogP contribution in [-0.2, 0) is 19.6 Å². The van der Waals surface area contributed by atoms with E-state index in [2.05, 4.69) is 46.3 Å². The molecular formula is C20H24ClN3O. The molecule has 25 heavy (non-hydrogen) atoms. The molecule has 0 atom stereocenters. The van der Waals surface area contributed by atoms with E-state index in [4.69, 9.17) is 0 Å². The number of benzene rings is 2. The van der Waals surface area contributed by atoms with E-state index < -0.39 is 0 Å². The molecule has 0 radical (unpaired) electrons. The number of nitrogens with one attached hydrogen (secondary N) is 1. The number of nitrogens with zero attached hydrogens (tertiary/aromatic N) is 2. The van der Waals surface area contributed by atoms with E-state index in [1.54, 1.807) is 6.07 Å². The maximum absolute atomic E-state index is 9.83. The highest BCUT2D eigenvalue weighted by atomic mass is 35.5. The van der Waals surface area contributed by atoms with Crippen LogP contribution in [0, 0.1) is 13.8 Å². The van der Waals surface area contributed by atoms with Crippen LogP contribution in [0.4, 0.5) is 0 Å². The molecule has 0 aliphatic carbocycles. The van der Waals surface area contributed by atoms with Gasteiger partial charge in [-0.3, -0.25) is 4.68 Å². The first kappa shape index (κ1) is 19.0. The summed E-state index contributed by atoms with van der Waals surface area (Å²) in [6.07, 6.45) is 0. The average Bonchev–Trinajstić information content (AvgIpc) is 2.85. The predicted molar refractivity (Wildman–Crippen MR) is 103 cm³/mol. The number of phenols is 1. The first-order valence-corrected chi connectivity index (χ1v) is 8.19. The monoisotopic (exact) mass is 357 g/mol. The summed E-state index contributed by atoms with van der Waals surface area (Å²) in [5, 5.41) is 17.9. The van der Waals surface area contributed by atoms with Gasteiger partial charge in [-0.25, -0.2) is 0 Å². The molecule has 3 aromatic rings. The number of rotatable bonds is 6. The second kappa shape index (κ2) is 8.70. The van der Waals surface area contributed by atoms with E-state index in [1.807, 2.05) is 31.2 Å². The van der Waals surface area contributed by atoms with Crippen LogP contribution in [0.1, 0.15) is 28.1 Å². The molecule has 0 fully saturated rings. The van der Waals surface area contributed by atoms with E-state index in [0.717, 1.165) is 24.3 Å². The van der Waals surface area contributed by atoms with Crippen LogP contribution in [0.2, 0.25) is 0 Å². The Morgan fingerprint density at radius 3 is 2.36 bits per heavy atom. The minimum Gasteiger partial charge on any atom is -0.508 e. The molecule has 2 aromatic carbocycles. The van der Waals surface area contributed by atoms with E-state index in [1.165, 1.54) is 16.8 Å². The first-order chi connectivity index (χ1) is 11.6. The van der Waals surface area contributed by atoms with E-state index in [-0.39, 0.29) is 12.4 Å². The van der Waals surface area contributed by atoms with Crippen molar-refractivity contribution in [3.05, 3.63) is 82.7 Å². The summed E-state index contributed by atoms with van der Waals surface area (Å²) in [6.45, 7) is 6.31. The summed E-state index contributed by atoms with van der Waals surface area (Å²) in [5.74, 6) is 0.332. The Balaban J connectivity index is 0.00000225. The van der Waals surface area contributed by atoms with Crippen molar-refractivity contribution in [2.45, 2.75) is 33.5 Å². The number of aromatic hydroxyl groups is 1. The number of hydrogen-bond donors (Lipinski definition) is 2. The summed E-state index contributed by atoms with van der Waals surface area (Å²) in [4.78, 5) is 0. The number of aryl methyl sites for hydroxylation is 1. The van der Waals surface area contributed by atoms with Crippen LogP contribution in [0.25, 0.3) is 0 Å². The van der Waals surface area contributed by atoms with Crippen molar-refractivity contribution in [3.63, 3.8) is 0 Å². The van der Waals surface area contributed by atoms with Crippen molar-refractivity contribution >= 4 is 12.4 Å². The van der Waals surface area contributed by atoms with E-state index in [0.29, 0.717) is 12.3 Å². The lowest BCUT2D eigenvalue weighted by molar-refractivity contribution is 0.464. The molecule has 0 bridgehead atoms. The van der Waals surface area contributed by atoms with Crippen molar-refractivity contribution in [1.82, 2.24) is 15.1 Å². The quantitative estimate of drug-likeness (QED) is 0.702. The third-order valence-corrected chi connectivity index (χ3v) is 4.32. The number of para-hydroxylation sites is 1. The largest absolute Gasteiger partial charge is 0.508 e. The Bertz CT molecular complexity index is 815. The van der Waals surface area contributed by atoms with Gasteiger partial charge in [-0.1, -0.05) is 48.5 Å². The summed E-state index contributed by atoms with van der Waals surface area (Å²) in [7, 11) is 0. The molecule has 0 amide bonds. The molecule has 0 saturated carbocycles. The van der Waals surface area contributed by atoms with Gasteiger partial charge >= 0.3 is 0 Å². The summed E-state index contributed by atoms with van der Waals surface area (Å²) in [5.41, 5.74) is 5.61. The Labute approximate surface area is 154 Å². The second-order valence-electron chi connectivity index (χ2n) is 6.02. The van der Waals surface area contributed by atoms with Gasteiger partial charge in [-0.2, -0.15) is 5.10 Å². The highest BCUT2D eigenvalue weighted by Crippen LogP contribution is 2.17. The first-order valence-electron chi connectivity index (χ1n) is 8.19. The third kappa shape index (κ3) is 4.62. The molecule has 0 spiro atoms. The van der Waals surface area contributed by atoms with Gasteiger partial charge in [0.25, 0.3) is 0 Å². The summed E-state index contributed by atoms with van der Waals surface area (Å²) in [6, 6.07) is 17.8. The summed E-state index contributed by atoms with van der Waals surface area (Å²) >= 11 is 0. The van der Waals surface area contributed by atoms with Gasteiger partial charge in [0.2, 0.25) is 0 Å². The Kier molecular flexibility index (Phi) is 6.62. The minimum absolute atomic E-state index is 0. The fraction of sp³-hybridized carbons (Fsp3) is 0.250. The van der Waals surface area contributed by atoms with Gasteiger partial charge in [-0.15, -0.1) is 12.4 Å². The van der Waals surface area contributed by atoms with Crippen molar-refractivity contribution in [2.75, 3.05) is 0 Å². The number of aromatic nitrogens is 2. The Morgan fingerprint density at radius 1 is 0.960 bits per heavy atom. The fourth-order valence-electron chi connectivity index (χ4n) is 2.88. The lowest BCUT2D eigenvalue weighted by Crippen LogP contribution is -2.14. The van der Waals surface area contributed by atoms with Crippen molar-refractivity contribution in [1.29, 1.82) is 0 Å². The van der Waals surface area contributed by atoms with Gasteiger partial charge in [0.1, 0.15) is 5.75 Å². The van der Waals surface area contributed by atoms with Crippen LogP contribution in [0.15, 0.2) is 54.6 Å². The van der Waals surface area contributed by atoms with Crippen LogP contribution >= 0.6 is 12.4 Å². The average molecular weight is 358 g/mol. The maximum atomic E-state index is 9.83. The Morgan fingerprint density at radius 2 is 1.64 bits per heavy atom. The highest BCUT2D eigenvalue weighted by Gasteiger charge is 2.11. The zero-order chi connectivity index (χ0) is 16.9. The molecular weight excluding hydrogens is 334 g/mol. The Hall–Kier alpha value is -2.30. The van der Waals surface area contributed by atoms with Crippen molar-refractivity contribution < 1.29 is 5.11 Å². The lowest BCUT2D eigenvalue weighted by atomic mass is 10.1. The van der Waals surface area contributed by atoms with Gasteiger partial charge in [0.05, 0.1) is 12.2 Å². The van der Waals surface area contributed by atoms with Gasteiger partial charge < -0.3 is 10.4 Å². The SMILES string of the molecule is Cc1nn(Cc2ccccc2)c(C)c1CNCc1ccccc1O.Cl. The molecule has 5 heteroatoms. The zero-order valence-electron chi connectivity index (χ0n) is 14.6. The smallest absolute Gasteiger partial charge is 0.120 e. The maximum Gasteiger partial charge on any atom is 0.120 e. The lowest BCUT2D eigenvalue weighted by Gasteiger charge is -2.08. The van der Waals surface area contributed by atoms with Crippen LogP contribution in [0.3, 0.4) is 0 Å². The van der Waals surface area contributed by atoms with Gasteiger partial charge in [0, 0.05) is 29.9 Å². The second-order valence-corrected chi connectivity index (χ2v) is 6.02. The third-order valence-electron chi connectivity index (χ3n) is 4.32. The van der Waals surface area contributed by atoms with Crippen molar-refractivity contribution in [2.24, 2.45) is 0 Å². The summed E-state index contributed by atoms with van der Waals surface area (Å²) < 4.78 is 2.06. The van der Waals surface area contributed by atoms with E-state index >= 15 is 0 Å². The molecule has 0 aliphatic rings. The predicted octanol–water partition coefficient (Wildman–Crippen LogP) is 3.97. The van der Waals surface area contributed by atoms with E-state index in [9.17, 15) is 5.11 Å². The number of halogens is 1. The highest BCUT2D eigenvalue weighted by molar-refractivity contribution is 5.85. The molecule has 3 rings (SSSR count). The normalized spacial score (nSPS) is 10.5. The van der Waals surface area contributed by atoms with Crippen molar-refractivity contribution in [3.8, 4) is 5.75 Å². The standard InChI is InChI=1S/C20H23N3O.ClH/c1-15-19(13-21-12-18-10-6-7-11-20(18)24)16(2)23(22-15)14-17-8-4-3-5-9-17;/h3-11,21,24H,12-14H2,1-2H3;1H. The zero-order valence-corrected chi connectivity index (χ0v) is 15.4. The van der Waals surface area contributed by atoms with Gasteiger partial charge in [-0.05, 0) is 25.5 Å². The minimum atomic E-state index is 0. The van der Waals surface area contributed by atoms with Gasteiger partial charge in [0.15, 0.2) is 0 Å². The van der Waals surface area contributed by atoms with Crippen LogP contribution < -0.4 is 5.32 Å². The van der Waals surface area contributed by atoms with Crippen LogP contribution in [-0.4, -0.2) is 14.9 Å². The molecule has 1 heterocycles.